The maximum Gasteiger partial charge on any atom is 0.245 e. The molecule has 0 aromatic heterocycles. The first-order chi connectivity index (χ1) is 9.13. The molecule has 0 spiro atoms. The highest BCUT2D eigenvalue weighted by atomic mass is 16.2. The lowest BCUT2D eigenvalue weighted by Crippen LogP contribution is -2.51. The average Bonchev–Trinajstić information content (AvgIpc) is 2.59. The molecule has 19 heavy (non-hydrogen) atoms. The second kappa shape index (κ2) is 6.40. The van der Waals surface area contributed by atoms with Crippen molar-refractivity contribution in [2.24, 2.45) is 5.92 Å². The zero-order valence-electron chi connectivity index (χ0n) is 12.2. The van der Waals surface area contributed by atoms with Crippen molar-refractivity contribution in [3.63, 3.8) is 0 Å². The molecule has 2 aliphatic rings. The summed E-state index contributed by atoms with van der Waals surface area (Å²) in [7, 11) is 0. The highest BCUT2D eigenvalue weighted by Gasteiger charge is 2.37. The maximum absolute atomic E-state index is 12.7. The number of carbonyl (C=O) groups excluding carboxylic acids is 2. The van der Waals surface area contributed by atoms with Crippen LogP contribution in [0.2, 0.25) is 0 Å². The highest BCUT2D eigenvalue weighted by Crippen LogP contribution is 2.28. The van der Waals surface area contributed by atoms with Crippen LogP contribution in [0.25, 0.3) is 0 Å². The third-order valence-corrected chi connectivity index (χ3v) is 4.69. The van der Waals surface area contributed by atoms with Crippen molar-refractivity contribution in [3.8, 4) is 0 Å². The van der Waals surface area contributed by atoms with Crippen LogP contribution in [0.1, 0.15) is 58.8 Å². The summed E-state index contributed by atoms with van der Waals surface area (Å²) in [5.74, 6) is 0.525. The van der Waals surface area contributed by atoms with Crippen LogP contribution in [-0.4, -0.2) is 35.3 Å². The van der Waals surface area contributed by atoms with E-state index >= 15 is 0 Å². The molecule has 0 aromatic carbocycles. The van der Waals surface area contributed by atoms with E-state index in [1.54, 1.807) is 0 Å². The molecule has 1 aliphatic carbocycles. The SMILES string of the molecule is CCC(C)N1CCC(=O)NC(C2CCCCC2)C1=O. The zero-order valence-corrected chi connectivity index (χ0v) is 12.2. The lowest BCUT2D eigenvalue weighted by Gasteiger charge is -2.34. The molecule has 1 saturated heterocycles. The molecular formula is C15H26N2O2. The minimum atomic E-state index is -0.274. The molecular weight excluding hydrogens is 240 g/mol. The van der Waals surface area contributed by atoms with E-state index < -0.39 is 0 Å². The van der Waals surface area contributed by atoms with Crippen molar-refractivity contribution in [1.82, 2.24) is 10.2 Å². The van der Waals surface area contributed by atoms with Gasteiger partial charge >= 0.3 is 0 Å². The summed E-state index contributed by atoms with van der Waals surface area (Å²) in [5, 5.41) is 2.98. The Morgan fingerprint density at radius 1 is 1.26 bits per heavy atom. The Labute approximate surface area is 115 Å². The maximum atomic E-state index is 12.7. The smallest absolute Gasteiger partial charge is 0.245 e. The number of nitrogens with zero attached hydrogens (tertiary/aromatic N) is 1. The highest BCUT2D eigenvalue weighted by molar-refractivity contribution is 5.90. The molecule has 4 heteroatoms. The van der Waals surface area contributed by atoms with E-state index in [1.165, 1.54) is 19.3 Å². The van der Waals surface area contributed by atoms with Crippen LogP contribution < -0.4 is 5.32 Å². The summed E-state index contributed by atoms with van der Waals surface area (Å²) in [5.41, 5.74) is 0. The molecule has 0 radical (unpaired) electrons. The van der Waals surface area contributed by atoms with Crippen molar-refractivity contribution >= 4 is 11.8 Å². The molecule has 1 saturated carbocycles. The Balaban J connectivity index is 2.13. The van der Waals surface area contributed by atoms with Gasteiger partial charge in [0, 0.05) is 19.0 Å². The van der Waals surface area contributed by atoms with E-state index in [0.717, 1.165) is 19.3 Å². The fourth-order valence-electron chi connectivity index (χ4n) is 3.26. The van der Waals surface area contributed by atoms with Crippen LogP contribution in [0.3, 0.4) is 0 Å². The van der Waals surface area contributed by atoms with Crippen LogP contribution in [0, 0.1) is 5.92 Å². The fourth-order valence-corrected chi connectivity index (χ4v) is 3.26. The summed E-state index contributed by atoms with van der Waals surface area (Å²) in [6.45, 7) is 4.74. The molecule has 2 rings (SSSR count). The third-order valence-electron chi connectivity index (χ3n) is 4.69. The van der Waals surface area contributed by atoms with E-state index in [1.807, 2.05) is 4.90 Å². The van der Waals surface area contributed by atoms with E-state index in [-0.39, 0.29) is 23.9 Å². The topological polar surface area (TPSA) is 49.4 Å². The van der Waals surface area contributed by atoms with Gasteiger partial charge in [0.2, 0.25) is 11.8 Å². The van der Waals surface area contributed by atoms with Gasteiger partial charge in [0.25, 0.3) is 0 Å². The molecule has 2 atom stereocenters. The Hall–Kier alpha value is -1.06. The number of rotatable bonds is 3. The number of nitrogens with one attached hydrogen (secondary N) is 1. The summed E-state index contributed by atoms with van der Waals surface area (Å²) in [4.78, 5) is 26.5. The normalized spacial score (nSPS) is 27.9. The lowest BCUT2D eigenvalue weighted by molar-refractivity contribution is -0.137. The molecule has 1 aliphatic heterocycles. The molecule has 108 valence electrons. The summed E-state index contributed by atoms with van der Waals surface area (Å²) in [6, 6.07) is -0.0457. The molecule has 0 bridgehead atoms. The first kappa shape index (κ1) is 14.4. The predicted octanol–water partition coefficient (Wildman–Crippen LogP) is 2.08. The Morgan fingerprint density at radius 3 is 2.58 bits per heavy atom. The first-order valence-corrected chi connectivity index (χ1v) is 7.73. The molecule has 2 amide bonds. The standard InChI is InChI=1S/C15H26N2O2/c1-3-11(2)17-10-9-13(18)16-14(15(17)19)12-7-5-4-6-8-12/h11-12,14H,3-10H2,1-2H3,(H,16,18). The van der Waals surface area contributed by atoms with Gasteiger partial charge in [-0.25, -0.2) is 0 Å². The van der Waals surface area contributed by atoms with Gasteiger partial charge in [0.1, 0.15) is 6.04 Å². The van der Waals surface area contributed by atoms with Gasteiger partial charge in [-0.15, -0.1) is 0 Å². The van der Waals surface area contributed by atoms with Gasteiger partial charge in [0.15, 0.2) is 0 Å². The van der Waals surface area contributed by atoms with Crippen LogP contribution in [0.5, 0.6) is 0 Å². The molecule has 1 heterocycles. The Morgan fingerprint density at radius 2 is 1.95 bits per heavy atom. The minimum absolute atomic E-state index is 0.0368. The number of hydrogen-bond donors (Lipinski definition) is 1. The van der Waals surface area contributed by atoms with Gasteiger partial charge in [0.05, 0.1) is 0 Å². The first-order valence-electron chi connectivity index (χ1n) is 7.73. The minimum Gasteiger partial charge on any atom is -0.344 e. The van der Waals surface area contributed by atoms with Crippen LogP contribution >= 0.6 is 0 Å². The summed E-state index contributed by atoms with van der Waals surface area (Å²) >= 11 is 0. The van der Waals surface area contributed by atoms with Gasteiger partial charge < -0.3 is 10.2 Å². The van der Waals surface area contributed by atoms with Crippen LogP contribution in [0.15, 0.2) is 0 Å². The summed E-state index contributed by atoms with van der Waals surface area (Å²) in [6.07, 6.45) is 7.18. The van der Waals surface area contributed by atoms with Gasteiger partial charge in [-0.05, 0) is 32.1 Å². The fraction of sp³-hybridized carbons (Fsp3) is 0.867. The largest absolute Gasteiger partial charge is 0.344 e. The monoisotopic (exact) mass is 266 g/mol. The van der Waals surface area contributed by atoms with Gasteiger partial charge in [-0.3, -0.25) is 9.59 Å². The number of carbonyl (C=O) groups is 2. The molecule has 2 fully saturated rings. The van der Waals surface area contributed by atoms with E-state index in [4.69, 9.17) is 0 Å². The van der Waals surface area contributed by atoms with E-state index in [9.17, 15) is 9.59 Å². The number of amides is 2. The van der Waals surface area contributed by atoms with Gasteiger partial charge in [-0.1, -0.05) is 26.2 Å². The molecule has 1 N–H and O–H groups in total. The van der Waals surface area contributed by atoms with Crippen LogP contribution in [-0.2, 0) is 9.59 Å². The van der Waals surface area contributed by atoms with E-state index in [2.05, 4.69) is 19.2 Å². The summed E-state index contributed by atoms with van der Waals surface area (Å²) < 4.78 is 0. The second-order valence-electron chi connectivity index (χ2n) is 5.98. The molecule has 0 aromatic rings. The van der Waals surface area contributed by atoms with Crippen molar-refractivity contribution in [3.05, 3.63) is 0 Å². The molecule has 2 unspecified atom stereocenters. The van der Waals surface area contributed by atoms with Crippen molar-refractivity contribution < 1.29 is 9.59 Å². The average molecular weight is 266 g/mol. The van der Waals surface area contributed by atoms with Crippen molar-refractivity contribution in [1.29, 1.82) is 0 Å². The Kier molecular flexibility index (Phi) is 4.83. The lowest BCUT2D eigenvalue weighted by atomic mass is 9.83. The Bertz CT molecular complexity index is 337. The van der Waals surface area contributed by atoms with Crippen molar-refractivity contribution in [2.45, 2.75) is 70.9 Å². The van der Waals surface area contributed by atoms with Crippen LogP contribution in [0.4, 0.5) is 0 Å². The zero-order chi connectivity index (χ0) is 13.8. The predicted molar refractivity (Wildman–Crippen MR) is 74.6 cm³/mol. The second-order valence-corrected chi connectivity index (χ2v) is 5.98. The van der Waals surface area contributed by atoms with E-state index in [0.29, 0.717) is 18.9 Å². The van der Waals surface area contributed by atoms with Crippen molar-refractivity contribution in [2.75, 3.05) is 6.54 Å². The third kappa shape index (κ3) is 3.28. The molecule has 4 nitrogen and oxygen atoms in total. The van der Waals surface area contributed by atoms with Gasteiger partial charge in [-0.2, -0.15) is 0 Å². The quantitative estimate of drug-likeness (QED) is 0.850. The number of hydrogen-bond acceptors (Lipinski definition) is 2.